The van der Waals surface area contributed by atoms with Crippen LogP contribution in [0.5, 0.6) is 0 Å². The summed E-state index contributed by atoms with van der Waals surface area (Å²) in [6.45, 7) is 3.74. The smallest absolute Gasteiger partial charge is 0.0991 e. The van der Waals surface area contributed by atoms with Crippen LogP contribution in [0.1, 0.15) is 56.1 Å². The molecule has 1 fully saturated rings. The first kappa shape index (κ1) is 15.8. The Morgan fingerprint density at radius 1 is 1.19 bits per heavy atom. The first-order chi connectivity index (χ1) is 10.3. The van der Waals surface area contributed by atoms with Gasteiger partial charge in [-0.25, -0.2) is 0 Å². The molecule has 0 aliphatic heterocycles. The van der Waals surface area contributed by atoms with Gasteiger partial charge >= 0.3 is 0 Å². The largest absolute Gasteiger partial charge is 0.377 e. The van der Waals surface area contributed by atoms with Crippen LogP contribution in [0.4, 0.5) is 0 Å². The van der Waals surface area contributed by atoms with Gasteiger partial charge in [0.25, 0.3) is 0 Å². The van der Waals surface area contributed by atoms with Crippen molar-refractivity contribution < 1.29 is 4.74 Å². The average molecular weight is 283 g/mol. The predicted octanol–water partition coefficient (Wildman–Crippen LogP) is 4.81. The van der Waals surface area contributed by atoms with Crippen molar-refractivity contribution in [3.8, 4) is 6.07 Å². The molecule has 1 saturated carbocycles. The Morgan fingerprint density at radius 2 is 1.90 bits per heavy atom. The van der Waals surface area contributed by atoms with Crippen molar-refractivity contribution in [3.05, 3.63) is 47.5 Å². The van der Waals surface area contributed by atoms with Gasteiger partial charge in [0.15, 0.2) is 0 Å². The Morgan fingerprint density at radius 3 is 2.52 bits per heavy atom. The topological polar surface area (TPSA) is 33.0 Å². The molecule has 1 aliphatic rings. The molecular weight excluding hydrogens is 258 g/mol. The molecule has 0 aromatic heterocycles. The Labute approximate surface area is 128 Å². The summed E-state index contributed by atoms with van der Waals surface area (Å²) < 4.78 is 5.47. The quantitative estimate of drug-likeness (QED) is 0.554. The lowest BCUT2D eigenvalue weighted by atomic mass is 9.78. The molecule has 2 heteroatoms. The molecule has 0 saturated heterocycles. The van der Waals surface area contributed by atoms with Crippen molar-refractivity contribution in [2.45, 2.75) is 44.9 Å². The summed E-state index contributed by atoms with van der Waals surface area (Å²) in [4.78, 5) is 0. The number of nitrogens with zero attached hydrogens (tertiary/aromatic N) is 1. The second kappa shape index (κ2) is 8.64. The fraction of sp³-hybridized carbons (Fsp3) is 0.526. The Balaban J connectivity index is 1.76. The van der Waals surface area contributed by atoms with E-state index >= 15 is 0 Å². The van der Waals surface area contributed by atoms with Crippen LogP contribution >= 0.6 is 0 Å². The summed E-state index contributed by atoms with van der Waals surface area (Å²) in [5.41, 5.74) is 2.14. The maximum Gasteiger partial charge on any atom is 0.0991 e. The highest BCUT2D eigenvalue weighted by Gasteiger charge is 2.20. The van der Waals surface area contributed by atoms with Gasteiger partial charge in [-0.2, -0.15) is 5.26 Å². The number of hydrogen-bond acceptors (Lipinski definition) is 2. The number of nitriles is 1. The number of hydrogen-bond donors (Lipinski definition) is 0. The van der Waals surface area contributed by atoms with Crippen molar-refractivity contribution >= 4 is 0 Å². The van der Waals surface area contributed by atoms with Crippen molar-refractivity contribution in [2.75, 3.05) is 13.2 Å². The molecular formula is C19H25NO. The number of allylic oxidation sites excluding steroid dienone is 1. The normalized spacial score (nSPS) is 22.3. The molecule has 0 spiro atoms. The molecule has 112 valence electrons. The van der Waals surface area contributed by atoms with Crippen LogP contribution in [0.15, 0.2) is 36.4 Å². The number of ether oxygens (including phenoxy) is 1. The summed E-state index contributed by atoms with van der Waals surface area (Å²) in [6, 6.07) is 10.3. The maximum atomic E-state index is 8.84. The van der Waals surface area contributed by atoms with Crippen LogP contribution in [-0.4, -0.2) is 13.2 Å². The second-order valence-electron chi connectivity index (χ2n) is 5.85. The lowest BCUT2D eigenvalue weighted by Gasteiger charge is -2.27. The minimum absolute atomic E-state index is 0.665. The van der Waals surface area contributed by atoms with Crippen LogP contribution in [0.25, 0.3) is 0 Å². The molecule has 0 bridgehead atoms. The fourth-order valence-electron chi connectivity index (χ4n) is 3.02. The van der Waals surface area contributed by atoms with E-state index in [1.54, 1.807) is 0 Å². The lowest BCUT2D eigenvalue weighted by molar-refractivity contribution is 0.162. The molecule has 2 rings (SSSR count). The summed E-state index contributed by atoms with van der Waals surface area (Å²) in [6.07, 6.45) is 10.6. The van der Waals surface area contributed by atoms with Gasteiger partial charge in [0.1, 0.15) is 0 Å². The van der Waals surface area contributed by atoms with Crippen LogP contribution in [0.3, 0.4) is 0 Å². The van der Waals surface area contributed by atoms with E-state index in [0.29, 0.717) is 11.8 Å². The van der Waals surface area contributed by atoms with E-state index in [0.717, 1.165) is 25.2 Å². The van der Waals surface area contributed by atoms with E-state index < -0.39 is 0 Å². The van der Waals surface area contributed by atoms with Gasteiger partial charge in [0, 0.05) is 6.61 Å². The number of benzene rings is 1. The third kappa shape index (κ3) is 5.02. The Kier molecular flexibility index (Phi) is 6.50. The molecule has 0 radical (unpaired) electrons. The van der Waals surface area contributed by atoms with Gasteiger partial charge in [-0.1, -0.05) is 31.2 Å². The van der Waals surface area contributed by atoms with E-state index in [9.17, 15) is 0 Å². The first-order valence-corrected chi connectivity index (χ1v) is 8.08. The minimum atomic E-state index is 0.665. The van der Waals surface area contributed by atoms with Crippen molar-refractivity contribution in [1.82, 2.24) is 0 Å². The van der Waals surface area contributed by atoms with Gasteiger partial charge in [-0.3, -0.25) is 0 Å². The predicted molar refractivity (Wildman–Crippen MR) is 86.1 cm³/mol. The highest BCUT2D eigenvalue weighted by atomic mass is 16.5. The van der Waals surface area contributed by atoms with Crippen LogP contribution in [0.2, 0.25) is 0 Å². The standard InChI is InChI=1S/C19H25NO/c1-2-13-21-14-3-4-16-5-9-18(10-6-16)19-11-7-17(15-20)8-12-19/h3-4,7-8,11-12,16,18H,2,5-6,9-10,13-14H2,1H3/t16-,18-. The molecule has 1 aromatic carbocycles. The van der Waals surface area contributed by atoms with E-state index in [1.807, 2.05) is 12.1 Å². The van der Waals surface area contributed by atoms with Crippen molar-refractivity contribution in [3.63, 3.8) is 0 Å². The summed E-state index contributed by atoms with van der Waals surface area (Å²) in [5.74, 6) is 1.38. The van der Waals surface area contributed by atoms with Crippen molar-refractivity contribution in [1.29, 1.82) is 5.26 Å². The van der Waals surface area contributed by atoms with Crippen molar-refractivity contribution in [2.24, 2.45) is 5.92 Å². The minimum Gasteiger partial charge on any atom is -0.377 e. The zero-order chi connectivity index (χ0) is 14.9. The highest BCUT2D eigenvalue weighted by molar-refractivity contribution is 5.33. The van der Waals surface area contributed by atoms with Gasteiger partial charge in [-0.05, 0) is 61.6 Å². The Hall–Kier alpha value is -1.59. The average Bonchev–Trinajstić information content (AvgIpc) is 2.55. The van der Waals surface area contributed by atoms with Crippen LogP contribution < -0.4 is 0 Å². The van der Waals surface area contributed by atoms with Gasteiger partial charge in [0.05, 0.1) is 18.2 Å². The Bertz CT molecular complexity index is 475. The molecule has 21 heavy (non-hydrogen) atoms. The summed E-state index contributed by atoms with van der Waals surface area (Å²) in [5, 5.41) is 8.84. The van der Waals surface area contributed by atoms with Gasteiger partial charge in [0.2, 0.25) is 0 Å². The van der Waals surface area contributed by atoms with Crippen LogP contribution in [0, 0.1) is 17.2 Å². The molecule has 0 atom stereocenters. The lowest BCUT2D eigenvalue weighted by Crippen LogP contribution is -2.11. The first-order valence-electron chi connectivity index (χ1n) is 8.08. The zero-order valence-corrected chi connectivity index (χ0v) is 12.9. The molecule has 0 N–H and O–H groups in total. The molecule has 0 amide bonds. The fourth-order valence-corrected chi connectivity index (χ4v) is 3.02. The third-order valence-corrected chi connectivity index (χ3v) is 4.25. The summed E-state index contributed by atoms with van der Waals surface area (Å²) >= 11 is 0. The zero-order valence-electron chi connectivity index (χ0n) is 12.9. The van der Waals surface area contributed by atoms with E-state index in [2.05, 4.69) is 37.3 Å². The molecule has 0 heterocycles. The molecule has 1 aliphatic carbocycles. The third-order valence-electron chi connectivity index (χ3n) is 4.25. The highest BCUT2D eigenvalue weighted by Crippen LogP contribution is 2.36. The van der Waals surface area contributed by atoms with Gasteiger partial charge < -0.3 is 4.74 Å². The van der Waals surface area contributed by atoms with Crippen LogP contribution in [-0.2, 0) is 4.74 Å². The second-order valence-corrected chi connectivity index (χ2v) is 5.85. The molecule has 0 unspecified atom stereocenters. The summed E-state index contributed by atoms with van der Waals surface area (Å²) in [7, 11) is 0. The molecule has 1 aromatic rings. The maximum absolute atomic E-state index is 8.84. The van der Waals surface area contributed by atoms with Gasteiger partial charge in [-0.15, -0.1) is 0 Å². The monoisotopic (exact) mass is 283 g/mol. The number of rotatable bonds is 6. The SMILES string of the molecule is CCCOCC=C[C@H]1CC[C@H](c2ccc(C#N)cc2)CC1. The van der Waals surface area contributed by atoms with E-state index in [4.69, 9.17) is 10.00 Å². The van der Waals surface area contributed by atoms with E-state index in [-0.39, 0.29) is 0 Å². The molecule has 2 nitrogen and oxygen atoms in total. The van der Waals surface area contributed by atoms with E-state index in [1.165, 1.54) is 31.2 Å².